The molecule has 0 radical (unpaired) electrons. The van der Waals surface area contributed by atoms with E-state index in [0.29, 0.717) is 11.3 Å². The van der Waals surface area contributed by atoms with Crippen LogP contribution in [0.25, 0.3) is 0 Å². The third-order valence-corrected chi connectivity index (χ3v) is 4.02. The number of carbonyl (C=O) groups excluding carboxylic acids is 2. The van der Waals surface area contributed by atoms with Crippen LogP contribution >= 0.6 is 0 Å². The number of hydrogen-bond donors (Lipinski definition) is 1. The molecule has 1 N–H and O–H groups in total. The zero-order chi connectivity index (χ0) is 17.4. The maximum absolute atomic E-state index is 12.7. The van der Waals surface area contributed by atoms with E-state index in [4.69, 9.17) is 4.74 Å². The number of fused-ring (bicyclic) bond motifs is 1. The van der Waals surface area contributed by atoms with Crippen LogP contribution in [0.15, 0.2) is 18.2 Å². The number of para-hydroxylation sites is 1. The van der Waals surface area contributed by atoms with Crippen LogP contribution in [-0.4, -0.2) is 41.9 Å². The zero-order valence-electron chi connectivity index (χ0n) is 14.8. The van der Waals surface area contributed by atoms with E-state index >= 15 is 0 Å². The summed E-state index contributed by atoms with van der Waals surface area (Å²) in [5, 5.41) is 2.86. The minimum atomic E-state index is -0.317. The van der Waals surface area contributed by atoms with E-state index < -0.39 is 0 Å². The van der Waals surface area contributed by atoms with Gasteiger partial charge in [0.2, 0.25) is 5.91 Å². The first-order valence-corrected chi connectivity index (χ1v) is 7.96. The van der Waals surface area contributed by atoms with Crippen LogP contribution in [-0.2, 0) is 4.79 Å². The SMILES string of the molecule is CC1Oc2c(C(=O)N(C)CC(=O)NC(C)(C)C)cccc2C1C. The summed E-state index contributed by atoms with van der Waals surface area (Å²) >= 11 is 0. The Hall–Kier alpha value is -2.04. The van der Waals surface area contributed by atoms with Crippen molar-refractivity contribution in [2.75, 3.05) is 13.6 Å². The van der Waals surface area contributed by atoms with Crippen LogP contribution in [0.1, 0.15) is 56.5 Å². The molecule has 126 valence electrons. The van der Waals surface area contributed by atoms with Gasteiger partial charge in [-0.2, -0.15) is 0 Å². The molecule has 1 aromatic rings. The van der Waals surface area contributed by atoms with E-state index in [0.717, 1.165) is 5.56 Å². The van der Waals surface area contributed by atoms with Gasteiger partial charge in [0.25, 0.3) is 5.91 Å². The van der Waals surface area contributed by atoms with Crippen LogP contribution in [0.3, 0.4) is 0 Å². The van der Waals surface area contributed by atoms with Crippen LogP contribution in [0.5, 0.6) is 5.75 Å². The molecule has 1 heterocycles. The molecule has 0 aliphatic carbocycles. The predicted octanol–water partition coefficient (Wildman–Crippen LogP) is 2.56. The lowest BCUT2D eigenvalue weighted by Crippen LogP contribution is -2.46. The molecule has 1 aliphatic heterocycles. The van der Waals surface area contributed by atoms with Crippen molar-refractivity contribution in [3.63, 3.8) is 0 Å². The van der Waals surface area contributed by atoms with Gasteiger partial charge in [-0.15, -0.1) is 0 Å². The van der Waals surface area contributed by atoms with Crippen LogP contribution in [0, 0.1) is 0 Å². The Morgan fingerprint density at radius 3 is 2.52 bits per heavy atom. The Balaban J connectivity index is 2.14. The lowest BCUT2D eigenvalue weighted by Gasteiger charge is -2.23. The number of nitrogens with one attached hydrogen (secondary N) is 1. The Labute approximate surface area is 138 Å². The standard InChI is InChI=1S/C18H26N2O3/c1-11-12(2)23-16-13(11)8-7-9-14(16)17(22)20(6)10-15(21)19-18(3,4)5/h7-9,11-12H,10H2,1-6H3,(H,19,21). The number of rotatable bonds is 3. The number of hydrogen-bond acceptors (Lipinski definition) is 3. The van der Waals surface area contributed by atoms with Crippen LogP contribution in [0.2, 0.25) is 0 Å². The van der Waals surface area contributed by atoms with Gasteiger partial charge in [0.1, 0.15) is 11.9 Å². The number of ether oxygens (including phenoxy) is 1. The lowest BCUT2D eigenvalue weighted by atomic mass is 9.96. The van der Waals surface area contributed by atoms with Gasteiger partial charge in [-0.1, -0.05) is 19.1 Å². The number of benzene rings is 1. The molecule has 0 bridgehead atoms. The molecule has 5 nitrogen and oxygen atoms in total. The summed E-state index contributed by atoms with van der Waals surface area (Å²) in [7, 11) is 1.63. The molecule has 0 aromatic heterocycles. The van der Waals surface area contributed by atoms with Crippen molar-refractivity contribution in [1.29, 1.82) is 0 Å². The van der Waals surface area contributed by atoms with E-state index in [1.165, 1.54) is 4.90 Å². The molecule has 2 amide bonds. The Bertz CT molecular complexity index is 619. The van der Waals surface area contributed by atoms with Gasteiger partial charge >= 0.3 is 0 Å². The third-order valence-electron chi connectivity index (χ3n) is 4.02. The minimum Gasteiger partial charge on any atom is -0.489 e. The molecule has 0 spiro atoms. The first-order valence-electron chi connectivity index (χ1n) is 7.96. The fraction of sp³-hybridized carbons (Fsp3) is 0.556. The van der Waals surface area contributed by atoms with Crippen molar-refractivity contribution in [3.8, 4) is 5.75 Å². The average molecular weight is 318 g/mol. The maximum atomic E-state index is 12.7. The number of amides is 2. The molecule has 2 atom stereocenters. The summed E-state index contributed by atoms with van der Waals surface area (Å²) in [6.45, 7) is 9.84. The molecule has 1 aliphatic rings. The molecular weight excluding hydrogens is 292 g/mol. The molecular formula is C18H26N2O3. The van der Waals surface area contributed by atoms with E-state index in [1.54, 1.807) is 13.1 Å². The van der Waals surface area contributed by atoms with Gasteiger partial charge in [0, 0.05) is 24.1 Å². The highest BCUT2D eigenvalue weighted by atomic mass is 16.5. The molecule has 0 saturated heterocycles. The molecule has 1 aromatic carbocycles. The first-order chi connectivity index (χ1) is 10.6. The first kappa shape index (κ1) is 17.3. The molecule has 23 heavy (non-hydrogen) atoms. The lowest BCUT2D eigenvalue weighted by molar-refractivity contribution is -0.122. The quantitative estimate of drug-likeness (QED) is 0.932. The second-order valence-electron chi connectivity index (χ2n) is 7.29. The van der Waals surface area contributed by atoms with Crippen molar-refractivity contribution in [2.45, 2.75) is 52.2 Å². The number of nitrogens with zero attached hydrogens (tertiary/aromatic N) is 1. The van der Waals surface area contributed by atoms with Gasteiger partial charge in [-0.05, 0) is 33.8 Å². The van der Waals surface area contributed by atoms with Crippen molar-refractivity contribution in [3.05, 3.63) is 29.3 Å². The Morgan fingerprint density at radius 2 is 1.91 bits per heavy atom. The molecule has 0 fully saturated rings. The van der Waals surface area contributed by atoms with Crippen molar-refractivity contribution >= 4 is 11.8 Å². The smallest absolute Gasteiger partial charge is 0.257 e. The highest BCUT2D eigenvalue weighted by Gasteiger charge is 2.32. The Kier molecular flexibility index (Phi) is 4.68. The highest BCUT2D eigenvalue weighted by Crippen LogP contribution is 2.40. The van der Waals surface area contributed by atoms with E-state index in [2.05, 4.69) is 12.2 Å². The summed E-state index contributed by atoms with van der Waals surface area (Å²) in [6.07, 6.45) is 0.0495. The number of carbonyl (C=O) groups is 2. The highest BCUT2D eigenvalue weighted by molar-refractivity contribution is 5.99. The summed E-state index contributed by atoms with van der Waals surface area (Å²) in [4.78, 5) is 26.1. The largest absolute Gasteiger partial charge is 0.489 e. The molecule has 2 rings (SSSR count). The minimum absolute atomic E-state index is 0.0187. The summed E-state index contributed by atoms with van der Waals surface area (Å²) < 4.78 is 5.86. The van der Waals surface area contributed by atoms with E-state index in [1.807, 2.05) is 39.8 Å². The average Bonchev–Trinajstić information content (AvgIpc) is 2.71. The Morgan fingerprint density at radius 1 is 1.26 bits per heavy atom. The van der Waals surface area contributed by atoms with Gasteiger partial charge in [0.05, 0.1) is 12.1 Å². The van der Waals surface area contributed by atoms with Crippen molar-refractivity contribution in [1.82, 2.24) is 10.2 Å². The normalized spacial score (nSPS) is 19.7. The van der Waals surface area contributed by atoms with Gasteiger partial charge in [-0.3, -0.25) is 9.59 Å². The fourth-order valence-corrected chi connectivity index (χ4v) is 2.70. The topological polar surface area (TPSA) is 58.6 Å². The van der Waals surface area contributed by atoms with E-state index in [-0.39, 0.29) is 35.9 Å². The summed E-state index contributed by atoms with van der Waals surface area (Å²) in [5.74, 6) is 0.531. The van der Waals surface area contributed by atoms with Gasteiger partial charge < -0.3 is 15.0 Å². The van der Waals surface area contributed by atoms with Crippen molar-refractivity contribution in [2.24, 2.45) is 0 Å². The van der Waals surface area contributed by atoms with E-state index in [9.17, 15) is 9.59 Å². The number of likely N-dealkylation sites (N-methyl/N-ethyl adjacent to an activating group) is 1. The van der Waals surface area contributed by atoms with Crippen molar-refractivity contribution < 1.29 is 14.3 Å². The second kappa shape index (κ2) is 6.22. The summed E-state index contributed by atoms with van der Waals surface area (Å²) in [5.41, 5.74) is 1.25. The predicted molar refractivity (Wildman–Crippen MR) is 89.8 cm³/mol. The monoisotopic (exact) mass is 318 g/mol. The van der Waals surface area contributed by atoms with Crippen LogP contribution in [0.4, 0.5) is 0 Å². The molecule has 5 heteroatoms. The zero-order valence-corrected chi connectivity index (χ0v) is 14.8. The third kappa shape index (κ3) is 3.84. The summed E-state index contributed by atoms with van der Waals surface area (Å²) in [6, 6.07) is 5.61. The van der Waals surface area contributed by atoms with Gasteiger partial charge in [0.15, 0.2) is 0 Å². The second-order valence-corrected chi connectivity index (χ2v) is 7.29. The van der Waals surface area contributed by atoms with Gasteiger partial charge in [-0.25, -0.2) is 0 Å². The van der Waals surface area contributed by atoms with Crippen LogP contribution < -0.4 is 10.1 Å². The molecule has 2 unspecified atom stereocenters. The maximum Gasteiger partial charge on any atom is 0.257 e. The molecule has 0 saturated carbocycles. The fourth-order valence-electron chi connectivity index (χ4n) is 2.70.